The van der Waals surface area contributed by atoms with Crippen LogP contribution in [0.4, 0.5) is 0 Å². The van der Waals surface area contributed by atoms with Gasteiger partial charge in [-0.25, -0.2) is 9.78 Å². The number of hydrogen-bond donors (Lipinski definition) is 1. The van der Waals surface area contributed by atoms with Crippen LogP contribution in [0.1, 0.15) is 35.7 Å². The van der Waals surface area contributed by atoms with E-state index in [0.717, 1.165) is 35.7 Å². The Morgan fingerprint density at radius 3 is 2.83 bits per heavy atom. The fraction of sp³-hybridized carbons (Fsp3) is 0.208. The number of ether oxygens (including phenoxy) is 1. The first-order valence-corrected chi connectivity index (χ1v) is 9.77. The molecule has 1 aliphatic carbocycles. The third kappa shape index (κ3) is 4.69. The van der Waals surface area contributed by atoms with E-state index in [4.69, 9.17) is 4.74 Å². The molecule has 0 radical (unpaired) electrons. The normalized spacial score (nSPS) is 15.8. The maximum atomic E-state index is 12.2. The largest absolute Gasteiger partial charge is 0.452 e. The Hall–Kier alpha value is -3.47. The van der Waals surface area contributed by atoms with Crippen LogP contribution >= 0.6 is 0 Å². The second kappa shape index (κ2) is 8.69. The van der Waals surface area contributed by atoms with Gasteiger partial charge in [0.1, 0.15) is 0 Å². The number of rotatable bonds is 5. The molecule has 0 saturated heterocycles. The Morgan fingerprint density at radius 1 is 1.07 bits per heavy atom. The number of pyridine rings is 1. The molecule has 0 bridgehead atoms. The highest BCUT2D eigenvalue weighted by atomic mass is 16.5. The lowest BCUT2D eigenvalue weighted by Gasteiger charge is -2.26. The number of amides is 1. The van der Waals surface area contributed by atoms with E-state index in [0.29, 0.717) is 5.69 Å². The van der Waals surface area contributed by atoms with Crippen molar-refractivity contribution in [1.82, 2.24) is 10.3 Å². The van der Waals surface area contributed by atoms with E-state index in [1.54, 1.807) is 6.08 Å². The molecule has 2 aromatic carbocycles. The molecule has 1 heterocycles. The van der Waals surface area contributed by atoms with Crippen LogP contribution < -0.4 is 5.32 Å². The topological polar surface area (TPSA) is 68.3 Å². The zero-order valence-electron chi connectivity index (χ0n) is 16.0. The first kappa shape index (κ1) is 18.9. The number of aromatic nitrogens is 1. The molecule has 4 rings (SSSR count). The highest BCUT2D eigenvalue weighted by Gasteiger charge is 2.21. The lowest BCUT2D eigenvalue weighted by atomic mass is 9.88. The van der Waals surface area contributed by atoms with Crippen LogP contribution in [0.2, 0.25) is 0 Å². The molecule has 5 nitrogen and oxygen atoms in total. The van der Waals surface area contributed by atoms with Gasteiger partial charge in [0.25, 0.3) is 5.91 Å². The van der Waals surface area contributed by atoms with Gasteiger partial charge >= 0.3 is 5.97 Å². The first-order valence-electron chi connectivity index (χ1n) is 9.77. The molecule has 5 heteroatoms. The Labute approximate surface area is 169 Å². The quantitative estimate of drug-likeness (QED) is 0.532. The summed E-state index contributed by atoms with van der Waals surface area (Å²) < 4.78 is 5.08. The van der Waals surface area contributed by atoms with Crippen LogP contribution in [0.15, 0.2) is 66.7 Å². The van der Waals surface area contributed by atoms with Crippen molar-refractivity contribution in [3.05, 3.63) is 83.6 Å². The Kier molecular flexibility index (Phi) is 5.66. The van der Waals surface area contributed by atoms with Crippen LogP contribution in [-0.4, -0.2) is 23.5 Å². The average molecular weight is 386 g/mol. The molecule has 1 amide bonds. The van der Waals surface area contributed by atoms with Gasteiger partial charge in [0.05, 0.1) is 17.3 Å². The number of nitrogens with one attached hydrogen (secondary N) is 1. The number of para-hydroxylation sites is 1. The van der Waals surface area contributed by atoms with Crippen molar-refractivity contribution < 1.29 is 14.3 Å². The van der Waals surface area contributed by atoms with E-state index in [1.807, 2.05) is 54.6 Å². The SMILES string of the molecule is O=C(COC(=O)/C=C/c1ccc2ccccc2n1)NC1CCCc2ccccc21. The summed E-state index contributed by atoms with van der Waals surface area (Å²) in [6.45, 7) is -0.299. The minimum absolute atomic E-state index is 0.0245. The Bertz CT molecular complexity index is 1070. The van der Waals surface area contributed by atoms with Crippen molar-refractivity contribution in [1.29, 1.82) is 0 Å². The zero-order valence-corrected chi connectivity index (χ0v) is 16.0. The lowest BCUT2D eigenvalue weighted by Crippen LogP contribution is -2.34. The smallest absolute Gasteiger partial charge is 0.331 e. The average Bonchev–Trinajstić information content (AvgIpc) is 2.76. The molecule has 0 saturated carbocycles. The second-order valence-electron chi connectivity index (χ2n) is 7.08. The van der Waals surface area contributed by atoms with Crippen molar-refractivity contribution in [2.75, 3.05) is 6.61 Å². The van der Waals surface area contributed by atoms with Gasteiger partial charge in [-0.1, -0.05) is 48.5 Å². The number of benzene rings is 2. The number of fused-ring (bicyclic) bond motifs is 2. The fourth-order valence-electron chi connectivity index (χ4n) is 3.65. The van der Waals surface area contributed by atoms with E-state index >= 15 is 0 Å². The minimum Gasteiger partial charge on any atom is -0.452 e. The van der Waals surface area contributed by atoms with Gasteiger partial charge in [-0.2, -0.15) is 0 Å². The summed E-state index contributed by atoms with van der Waals surface area (Å²) in [5.41, 5.74) is 3.94. The van der Waals surface area contributed by atoms with E-state index in [9.17, 15) is 9.59 Å². The van der Waals surface area contributed by atoms with Crippen molar-refractivity contribution in [2.24, 2.45) is 0 Å². The maximum Gasteiger partial charge on any atom is 0.331 e. The van der Waals surface area contributed by atoms with Gasteiger partial charge in [-0.15, -0.1) is 0 Å². The van der Waals surface area contributed by atoms with Crippen molar-refractivity contribution >= 4 is 28.9 Å². The molecule has 1 unspecified atom stereocenters. The van der Waals surface area contributed by atoms with Gasteiger partial charge in [0.15, 0.2) is 6.61 Å². The summed E-state index contributed by atoms with van der Waals surface area (Å²) in [6.07, 6.45) is 5.84. The summed E-state index contributed by atoms with van der Waals surface area (Å²) in [6, 6.07) is 19.7. The number of esters is 1. The molecule has 0 aliphatic heterocycles. The zero-order chi connectivity index (χ0) is 20.1. The predicted molar refractivity (Wildman–Crippen MR) is 112 cm³/mol. The molecule has 0 fully saturated rings. The molecule has 146 valence electrons. The lowest BCUT2D eigenvalue weighted by molar-refractivity contribution is -0.144. The van der Waals surface area contributed by atoms with Gasteiger partial charge < -0.3 is 10.1 Å². The van der Waals surface area contributed by atoms with Gasteiger partial charge in [-0.3, -0.25) is 4.79 Å². The van der Waals surface area contributed by atoms with E-state index < -0.39 is 5.97 Å². The summed E-state index contributed by atoms with van der Waals surface area (Å²) in [7, 11) is 0. The number of carbonyl (C=O) groups excluding carboxylic acids is 2. The third-order valence-corrected chi connectivity index (χ3v) is 5.06. The monoisotopic (exact) mass is 386 g/mol. The summed E-state index contributed by atoms with van der Waals surface area (Å²) in [4.78, 5) is 28.6. The molecular formula is C24H22N2O3. The number of aryl methyl sites for hydroxylation is 1. The van der Waals surface area contributed by atoms with Gasteiger partial charge in [0, 0.05) is 11.5 Å². The van der Waals surface area contributed by atoms with Crippen molar-refractivity contribution in [2.45, 2.75) is 25.3 Å². The van der Waals surface area contributed by atoms with Crippen molar-refractivity contribution in [3.8, 4) is 0 Å². The molecule has 1 aromatic heterocycles. The van der Waals surface area contributed by atoms with E-state index in [-0.39, 0.29) is 18.6 Å². The number of nitrogens with zero attached hydrogens (tertiary/aromatic N) is 1. The Balaban J connectivity index is 1.30. The summed E-state index contributed by atoms with van der Waals surface area (Å²) >= 11 is 0. The molecule has 3 aromatic rings. The summed E-state index contributed by atoms with van der Waals surface area (Å²) in [5, 5.41) is 4.01. The first-order chi connectivity index (χ1) is 14.2. The van der Waals surface area contributed by atoms with Crippen LogP contribution in [0.25, 0.3) is 17.0 Å². The Morgan fingerprint density at radius 2 is 1.90 bits per heavy atom. The minimum atomic E-state index is -0.570. The molecular weight excluding hydrogens is 364 g/mol. The van der Waals surface area contributed by atoms with Crippen LogP contribution in [-0.2, 0) is 20.7 Å². The van der Waals surface area contributed by atoms with E-state index in [2.05, 4.69) is 16.4 Å². The molecule has 1 aliphatic rings. The maximum absolute atomic E-state index is 12.2. The molecule has 1 N–H and O–H groups in total. The summed E-state index contributed by atoms with van der Waals surface area (Å²) in [5.74, 6) is -0.864. The highest BCUT2D eigenvalue weighted by molar-refractivity contribution is 5.89. The van der Waals surface area contributed by atoms with Crippen LogP contribution in [0.3, 0.4) is 0 Å². The third-order valence-electron chi connectivity index (χ3n) is 5.06. The van der Waals surface area contributed by atoms with Gasteiger partial charge in [0.2, 0.25) is 0 Å². The standard InChI is InChI=1S/C24H22N2O3/c27-23(26-22-11-5-8-17-6-1-3-9-20(17)22)16-29-24(28)15-14-19-13-12-18-7-2-4-10-21(18)25-19/h1-4,6-7,9-10,12-15,22H,5,8,11,16H2,(H,26,27)/b15-14+. The number of carbonyl (C=O) groups is 2. The van der Waals surface area contributed by atoms with E-state index in [1.165, 1.54) is 11.6 Å². The van der Waals surface area contributed by atoms with Crippen LogP contribution in [0.5, 0.6) is 0 Å². The molecule has 29 heavy (non-hydrogen) atoms. The fourth-order valence-corrected chi connectivity index (χ4v) is 3.65. The van der Waals surface area contributed by atoms with Gasteiger partial charge in [-0.05, 0) is 48.6 Å². The molecule has 1 atom stereocenters. The molecule has 0 spiro atoms. The van der Waals surface area contributed by atoms with Crippen LogP contribution in [0, 0.1) is 0 Å². The second-order valence-corrected chi connectivity index (χ2v) is 7.08. The number of hydrogen-bond acceptors (Lipinski definition) is 4. The van der Waals surface area contributed by atoms with Crippen molar-refractivity contribution in [3.63, 3.8) is 0 Å². The highest BCUT2D eigenvalue weighted by Crippen LogP contribution is 2.29. The predicted octanol–water partition coefficient (Wildman–Crippen LogP) is 3.99.